The second kappa shape index (κ2) is 10.3. The number of benzene rings is 2. The number of aryl methyl sites for hydroxylation is 1. The van der Waals surface area contributed by atoms with Crippen LogP contribution in [-0.4, -0.2) is 59.7 Å². The number of nitrogens with zero attached hydrogens (tertiary/aromatic N) is 3. The third-order valence-corrected chi connectivity index (χ3v) is 7.60. The van der Waals surface area contributed by atoms with Crippen molar-refractivity contribution in [2.75, 3.05) is 39.2 Å². The Hall–Kier alpha value is -3.10. The van der Waals surface area contributed by atoms with Gasteiger partial charge in [-0.2, -0.15) is 5.10 Å². The SMILES string of the molecule is COc1cc(NC(=S)NC[C@H]2C[C@@H]3CCN2C[C@H]3c2cc(-c3ccccc3)nn2C)cc(OC)c1. The van der Waals surface area contributed by atoms with Crippen LogP contribution >= 0.6 is 12.2 Å². The van der Waals surface area contributed by atoms with Crippen molar-refractivity contribution >= 4 is 23.0 Å². The van der Waals surface area contributed by atoms with Gasteiger partial charge in [0.2, 0.25) is 0 Å². The molecule has 0 saturated carbocycles. The van der Waals surface area contributed by atoms with Gasteiger partial charge in [-0.15, -0.1) is 0 Å². The molecule has 3 aliphatic heterocycles. The van der Waals surface area contributed by atoms with Crippen LogP contribution in [0.1, 0.15) is 24.5 Å². The quantitative estimate of drug-likeness (QED) is 0.479. The van der Waals surface area contributed by atoms with E-state index in [1.165, 1.54) is 24.1 Å². The molecule has 4 heterocycles. The molecule has 3 aliphatic rings. The van der Waals surface area contributed by atoms with Crippen LogP contribution in [0.5, 0.6) is 11.5 Å². The lowest BCUT2D eigenvalue weighted by molar-refractivity contribution is 0.0303. The summed E-state index contributed by atoms with van der Waals surface area (Å²) >= 11 is 5.58. The molecule has 0 aliphatic carbocycles. The summed E-state index contributed by atoms with van der Waals surface area (Å²) in [5.74, 6) is 2.63. The molecule has 184 valence electrons. The molecule has 35 heavy (non-hydrogen) atoms. The van der Waals surface area contributed by atoms with Gasteiger partial charge in [0.15, 0.2) is 5.11 Å². The van der Waals surface area contributed by atoms with Gasteiger partial charge in [0.25, 0.3) is 0 Å². The molecule has 0 spiro atoms. The van der Waals surface area contributed by atoms with E-state index in [0.717, 1.165) is 42.5 Å². The smallest absolute Gasteiger partial charge is 0.170 e. The summed E-state index contributed by atoms with van der Waals surface area (Å²) in [5.41, 5.74) is 4.42. The summed E-state index contributed by atoms with van der Waals surface area (Å²) in [6, 6.07) is 18.9. The zero-order chi connectivity index (χ0) is 24.4. The van der Waals surface area contributed by atoms with Crippen molar-refractivity contribution in [3.8, 4) is 22.8 Å². The third-order valence-electron chi connectivity index (χ3n) is 7.35. The number of ether oxygens (including phenoxy) is 2. The van der Waals surface area contributed by atoms with Crippen LogP contribution < -0.4 is 20.1 Å². The number of thiocarbonyl (C=S) groups is 1. The predicted molar refractivity (Wildman–Crippen MR) is 143 cm³/mol. The predicted octanol–water partition coefficient (Wildman–Crippen LogP) is 4.27. The van der Waals surface area contributed by atoms with Crippen LogP contribution in [0.15, 0.2) is 54.6 Å². The molecule has 3 aromatic rings. The second-order valence-corrected chi connectivity index (χ2v) is 9.83. The number of methoxy groups -OCH3 is 2. The van der Waals surface area contributed by atoms with Crippen molar-refractivity contribution in [2.45, 2.75) is 24.8 Å². The first kappa shape index (κ1) is 23.6. The Balaban J connectivity index is 1.19. The number of anilines is 1. The summed E-state index contributed by atoms with van der Waals surface area (Å²) in [6.07, 6.45) is 2.40. The van der Waals surface area contributed by atoms with Crippen LogP contribution in [0.2, 0.25) is 0 Å². The maximum Gasteiger partial charge on any atom is 0.170 e. The molecule has 4 atom stereocenters. The van der Waals surface area contributed by atoms with Gasteiger partial charge in [0, 0.05) is 67.2 Å². The number of piperidine rings is 3. The monoisotopic (exact) mass is 491 g/mol. The molecule has 7 nitrogen and oxygen atoms in total. The highest BCUT2D eigenvalue weighted by Crippen LogP contribution is 2.42. The van der Waals surface area contributed by atoms with E-state index in [0.29, 0.717) is 23.0 Å². The van der Waals surface area contributed by atoms with E-state index < -0.39 is 0 Å². The molecule has 8 heteroatoms. The van der Waals surface area contributed by atoms with Gasteiger partial charge >= 0.3 is 0 Å². The largest absolute Gasteiger partial charge is 0.497 e. The highest BCUT2D eigenvalue weighted by molar-refractivity contribution is 7.80. The summed E-state index contributed by atoms with van der Waals surface area (Å²) in [5, 5.41) is 12.1. The van der Waals surface area contributed by atoms with Gasteiger partial charge in [0.05, 0.1) is 19.9 Å². The van der Waals surface area contributed by atoms with E-state index in [1.54, 1.807) is 14.2 Å². The van der Waals surface area contributed by atoms with Crippen molar-refractivity contribution in [3.63, 3.8) is 0 Å². The van der Waals surface area contributed by atoms with Crippen LogP contribution in [0, 0.1) is 5.92 Å². The van der Waals surface area contributed by atoms with E-state index in [1.807, 2.05) is 24.3 Å². The molecule has 6 rings (SSSR count). The summed E-state index contributed by atoms with van der Waals surface area (Å²) in [6.45, 7) is 3.04. The Morgan fingerprint density at radius 2 is 1.83 bits per heavy atom. The summed E-state index contributed by atoms with van der Waals surface area (Å²) < 4.78 is 12.8. The van der Waals surface area contributed by atoms with Crippen molar-refractivity contribution in [3.05, 3.63) is 60.3 Å². The molecular weight excluding hydrogens is 458 g/mol. The maximum absolute atomic E-state index is 5.58. The first-order chi connectivity index (χ1) is 17.0. The van der Waals surface area contributed by atoms with Gasteiger partial charge in [0.1, 0.15) is 11.5 Å². The number of hydrogen-bond donors (Lipinski definition) is 2. The Labute approximate surface area is 212 Å². The first-order valence-corrected chi connectivity index (χ1v) is 12.6. The van der Waals surface area contributed by atoms with Crippen LogP contribution in [-0.2, 0) is 7.05 Å². The molecule has 2 aromatic carbocycles. The Morgan fingerprint density at radius 3 is 2.49 bits per heavy atom. The van der Waals surface area contributed by atoms with Crippen molar-refractivity contribution in [1.29, 1.82) is 0 Å². The standard InChI is InChI=1S/C27H33N5O2S/c1-31-26(15-25(30-31)18-7-5-4-6-8-18)24-17-32-10-9-19(24)11-21(32)16-28-27(35)29-20-12-22(33-2)14-23(13-20)34-3/h4-8,12-15,19,21,24H,9-11,16-17H2,1-3H3,(H2,28,29,35)/t19-,21+,24+/m0/s1. The fourth-order valence-electron chi connectivity index (χ4n) is 5.53. The zero-order valence-corrected chi connectivity index (χ0v) is 21.3. The Morgan fingerprint density at radius 1 is 1.09 bits per heavy atom. The van der Waals surface area contributed by atoms with E-state index in [2.05, 4.69) is 57.6 Å². The average molecular weight is 492 g/mol. The summed E-state index contributed by atoms with van der Waals surface area (Å²) in [4.78, 5) is 2.62. The highest BCUT2D eigenvalue weighted by atomic mass is 32.1. The van der Waals surface area contributed by atoms with Crippen molar-refractivity contribution in [2.24, 2.45) is 13.0 Å². The lowest BCUT2D eigenvalue weighted by Gasteiger charge is -2.50. The highest BCUT2D eigenvalue weighted by Gasteiger charge is 2.41. The first-order valence-electron chi connectivity index (χ1n) is 12.2. The number of rotatable bonds is 7. The van der Waals surface area contributed by atoms with Crippen LogP contribution in [0.4, 0.5) is 5.69 Å². The number of fused-ring (bicyclic) bond motifs is 3. The second-order valence-electron chi connectivity index (χ2n) is 9.42. The van der Waals surface area contributed by atoms with E-state index in [-0.39, 0.29) is 0 Å². The molecule has 2 N–H and O–H groups in total. The van der Waals surface area contributed by atoms with E-state index in [9.17, 15) is 0 Å². The van der Waals surface area contributed by atoms with E-state index in [4.69, 9.17) is 26.8 Å². The fourth-order valence-corrected chi connectivity index (χ4v) is 5.73. The Bertz CT molecular complexity index is 1160. The van der Waals surface area contributed by atoms with Gasteiger partial charge in [-0.1, -0.05) is 30.3 Å². The normalized spacial score (nSPS) is 23.1. The number of nitrogens with one attached hydrogen (secondary N) is 2. The Kier molecular flexibility index (Phi) is 6.92. The van der Waals surface area contributed by atoms with Gasteiger partial charge in [-0.05, 0) is 43.6 Å². The van der Waals surface area contributed by atoms with Crippen LogP contribution in [0.25, 0.3) is 11.3 Å². The molecule has 3 saturated heterocycles. The zero-order valence-electron chi connectivity index (χ0n) is 20.5. The number of hydrogen-bond acceptors (Lipinski definition) is 5. The molecular formula is C27H33N5O2S. The minimum absolute atomic E-state index is 0.478. The van der Waals surface area contributed by atoms with Crippen LogP contribution in [0.3, 0.4) is 0 Å². The molecule has 0 radical (unpaired) electrons. The third kappa shape index (κ3) is 5.13. The van der Waals surface area contributed by atoms with Gasteiger partial charge in [-0.25, -0.2) is 0 Å². The van der Waals surface area contributed by atoms with Crippen molar-refractivity contribution < 1.29 is 9.47 Å². The van der Waals surface area contributed by atoms with Crippen molar-refractivity contribution in [1.82, 2.24) is 20.0 Å². The van der Waals surface area contributed by atoms with Gasteiger partial charge < -0.3 is 20.1 Å². The molecule has 1 unspecified atom stereocenters. The minimum Gasteiger partial charge on any atom is -0.497 e. The molecule has 0 amide bonds. The topological polar surface area (TPSA) is 63.6 Å². The molecule has 1 aromatic heterocycles. The van der Waals surface area contributed by atoms with E-state index >= 15 is 0 Å². The average Bonchev–Trinajstić information content (AvgIpc) is 3.29. The fraction of sp³-hybridized carbons (Fsp3) is 0.407. The maximum atomic E-state index is 5.58. The molecule has 2 bridgehead atoms. The van der Waals surface area contributed by atoms with Gasteiger partial charge in [-0.3, -0.25) is 9.58 Å². The minimum atomic E-state index is 0.478. The lowest BCUT2D eigenvalue weighted by atomic mass is 9.74. The lowest BCUT2D eigenvalue weighted by Crippen LogP contribution is -2.56. The summed E-state index contributed by atoms with van der Waals surface area (Å²) in [7, 11) is 5.36. The molecule has 3 fully saturated rings. The number of aromatic nitrogens is 2.